The second-order valence-electron chi connectivity index (χ2n) is 10.7. The summed E-state index contributed by atoms with van der Waals surface area (Å²) < 4.78 is 0. The third-order valence-corrected chi connectivity index (χ3v) is 8.90. The maximum Gasteiger partial charge on any atom is 0.238 e. The topological polar surface area (TPSA) is 126 Å². The maximum absolute atomic E-state index is 12.7. The summed E-state index contributed by atoms with van der Waals surface area (Å²) in [5.74, 6) is -0.824. The van der Waals surface area contributed by atoms with Crippen molar-refractivity contribution in [2.75, 3.05) is 49.1 Å². The minimum absolute atomic E-state index is 0. The highest BCUT2D eigenvalue weighted by Crippen LogP contribution is 2.22. The van der Waals surface area contributed by atoms with Gasteiger partial charge in [-0.2, -0.15) is 5.26 Å². The highest BCUT2D eigenvalue weighted by Gasteiger charge is 2.26. The zero-order valence-corrected chi connectivity index (χ0v) is 24.7. The standard InChI is InChI=1S/C30H46N6O3S.3H2/c1-2-32-30(39)27(40-22-23(21-31)29(38)35-24-10-5-3-6-11-24)14-16-33-25-12-9-13-26(20-25)34-28(37)15-19-36-17-7-4-8-18-36;;;/h9,12-13,20,23-24,27,33H,2-8,10-11,14-19,22H2,1H3,(H,32,39)(H,34,37)(H,35,38);3*1H/t23-,27?;;;/m0.../s1. The van der Waals surface area contributed by atoms with E-state index in [1.165, 1.54) is 37.4 Å². The van der Waals surface area contributed by atoms with Crippen LogP contribution in [0.2, 0.25) is 0 Å². The summed E-state index contributed by atoms with van der Waals surface area (Å²) in [6, 6.07) is 9.87. The molecule has 2 atom stereocenters. The number of amides is 3. The third-order valence-electron chi connectivity index (χ3n) is 7.52. The van der Waals surface area contributed by atoms with Gasteiger partial charge in [0.2, 0.25) is 17.7 Å². The molecule has 3 amide bonds. The average Bonchev–Trinajstić information content (AvgIpc) is 2.97. The largest absolute Gasteiger partial charge is 0.385 e. The second kappa shape index (κ2) is 17.8. The van der Waals surface area contributed by atoms with Gasteiger partial charge in [0.1, 0.15) is 5.92 Å². The van der Waals surface area contributed by atoms with Gasteiger partial charge in [0, 0.05) is 53.5 Å². The number of thioether (sulfide) groups is 1. The molecule has 1 aromatic carbocycles. The second-order valence-corrected chi connectivity index (χ2v) is 12.0. The fraction of sp³-hybridized carbons (Fsp3) is 0.667. The SMILES string of the molecule is CCNC(=O)C(CCNc1cccc(NC(=O)CCN2CCCCC2)c1)SC[C@H](C#N)C(=O)NC1CCCCC1.[HH].[HH].[HH]. The van der Waals surface area contributed by atoms with Crippen molar-refractivity contribution in [3.8, 4) is 6.07 Å². The Morgan fingerprint density at radius 1 is 1.07 bits per heavy atom. The maximum atomic E-state index is 12.7. The van der Waals surface area contributed by atoms with Gasteiger partial charge in [-0.3, -0.25) is 14.4 Å². The van der Waals surface area contributed by atoms with E-state index in [0.29, 0.717) is 25.9 Å². The predicted octanol–water partition coefficient (Wildman–Crippen LogP) is 4.87. The van der Waals surface area contributed by atoms with Gasteiger partial charge in [-0.15, -0.1) is 11.8 Å². The Kier molecular flexibility index (Phi) is 14.1. The molecular formula is C30H52N6O3S. The van der Waals surface area contributed by atoms with Crippen molar-refractivity contribution in [3.63, 3.8) is 0 Å². The third kappa shape index (κ3) is 11.4. The molecule has 226 valence electrons. The van der Waals surface area contributed by atoms with Crippen LogP contribution < -0.4 is 21.3 Å². The molecule has 40 heavy (non-hydrogen) atoms. The molecule has 4 N–H and O–H groups in total. The van der Waals surface area contributed by atoms with Gasteiger partial charge in [-0.05, 0) is 70.3 Å². The van der Waals surface area contributed by atoms with E-state index in [-0.39, 0.29) is 39.0 Å². The molecule has 1 saturated carbocycles. The number of carbonyl (C=O) groups is 3. The lowest BCUT2D eigenvalue weighted by Gasteiger charge is -2.25. The highest BCUT2D eigenvalue weighted by atomic mass is 32.2. The van der Waals surface area contributed by atoms with E-state index >= 15 is 0 Å². The molecule has 1 unspecified atom stereocenters. The number of nitrogens with one attached hydrogen (secondary N) is 4. The predicted molar refractivity (Wildman–Crippen MR) is 168 cm³/mol. The number of likely N-dealkylation sites (tertiary alicyclic amines) is 1. The van der Waals surface area contributed by atoms with Crippen LogP contribution in [0.1, 0.15) is 75.4 Å². The van der Waals surface area contributed by atoms with Crippen LogP contribution >= 0.6 is 11.8 Å². The first-order valence-corrected chi connectivity index (χ1v) is 16.0. The van der Waals surface area contributed by atoms with Crippen LogP contribution in [-0.4, -0.2) is 72.4 Å². The number of rotatable bonds is 15. The van der Waals surface area contributed by atoms with Gasteiger partial charge >= 0.3 is 0 Å². The van der Waals surface area contributed by atoms with Crippen LogP contribution in [-0.2, 0) is 14.4 Å². The molecule has 1 aliphatic carbocycles. The van der Waals surface area contributed by atoms with Crippen molar-refractivity contribution in [3.05, 3.63) is 24.3 Å². The van der Waals surface area contributed by atoms with Crippen molar-refractivity contribution >= 4 is 40.9 Å². The molecule has 9 nitrogen and oxygen atoms in total. The fourth-order valence-corrected chi connectivity index (χ4v) is 6.40. The minimum Gasteiger partial charge on any atom is -0.385 e. The van der Waals surface area contributed by atoms with E-state index in [1.54, 1.807) is 0 Å². The number of hydrogen-bond acceptors (Lipinski definition) is 7. The molecule has 0 aromatic heterocycles. The molecule has 2 fully saturated rings. The zero-order chi connectivity index (χ0) is 28.6. The summed E-state index contributed by atoms with van der Waals surface area (Å²) in [5, 5.41) is 21.5. The van der Waals surface area contributed by atoms with Crippen LogP contribution in [0.3, 0.4) is 0 Å². The van der Waals surface area contributed by atoms with Gasteiger partial charge < -0.3 is 26.2 Å². The summed E-state index contributed by atoms with van der Waals surface area (Å²) in [6.07, 6.45) is 10.1. The lowest BCUT2D eigenvalue weighted by Crippen LogP contribution is -2.41. The molecule has 1 aliphatic heterocycles. The molecule has 0 bridgehead atoms. The van der Waals surface area contributed by atoms with E-state index in [4.69, 9.17) is 0 Å². The van der Waals surface area contributed by atoms with Gasteiger partial charge in [0.05, 0.1) is 11.3 Å². The van der Waals surface area contributed by atoms with Crippen molar-refractivity contribution in [1.29, 1.82) is 5.26 Å². The summed E-state index contributed by atoms with van der Waals surface area (Å²) in [4.78, 5) is 40.2. The van der Waals surface area contributed by atoms with E-state index in [9.17, 15) is 19.6 Å². The minimum atomic E-state index is -0.785. The Morgan fingerprint density at radius 3 is 2.52 bits per heavy atom. The Labute approximate surface area is 248 Å². The highest BCUT2D eigenvalue weighted by molar-refractivity contribution is 8.00. The normalized spacial score (nSPS) is 17.7. The first-order chi connectivity index (χ1) is 19.5. The Bertz CT molecular complexity index is 1000. The lowest BCUT2D eigenvalue weighted by molar-refractivity contribution is -0.124. The number of benzene rings is 1. The molecule has 1 saturated heterocycles. The average molecular weight is 577 g/mol. The van der Waals surface area contributed by atoms with Gasteiger partial charge in [-0.1, -0.05) is 31.7 Å². The van der Waals surface area contributed by atoms with Crippen LogP contribution in [0, 0.1) is 17.2 Å². The van der Waals surface area contributed by atoms with Crippen LogP contribution in [0.15, 0.2) is 24.3 Å². The van der Waals surface area contributed by atoms with Crippen LogP contribution in [0.4, 0.5) is 11.4 Å². The monoisotopic (exact) mass is 576 g/mol. The Balaban J connectivity index is 0.00000588. The van der Waals surface area contributed by atoms with Crippen molar-refractivity contribution in [2.24, 2.45) is 5.92 Å². The number of nitriles is 1. The van der Waals surface area contributed by atoms with Crippen molar-refractivity contribution < 1.29 is 18.7 Å². The summed E-state index contributed by atoms with van der Waals surface area (Å²) in [7, 11) is 0. The summed E-state index contributed by atoms with van der Waals surface area (Å²) in [5.41, 5.74) is 1.60. The molecule has 2 aliphatic rings. The molecule has 1 heterocycles. The lowest BCUT2D eigenvalue weighted by atomic mass is 9.95. The zero-order valence-electron chi connectivity index (χ0n) is 23.9. The number of carbonyl (C=O) groups excluding carboxylic acids is 3. The number of hydrogen-bond donors (Lipinski definition) is 4. The molecular weight excluding hydrogens is 524 g/mol. The van der Waals surface area contributed by atoms with E-state index in [0.717, 1.165) is 56.7 Å². The summed E-state index contributed by atoms with van der Waals surface area (Å²) in [6.45, 7) is 5.87. The molecule has 1 aromatic rings. The number of piperidine rings is 1. The number of anilines is 2. The molecule has 3 rings (SSSR count). The van der Waals surface area contributed by atoms with E-state index < -0.39 is 5.92 Å². The summed E-state index contributed by atoms with van der Waals surface area (Å²) >= 11 is 1.36. The Hall–Kier alpha value is -2.77. The fourth-order valence-electron chi connectivity index (χ4n) is 5.23. The van der Waals surface area contributed by atoms with Gasteiger partial charge in [0.15, 0.2) is 0 Å². The van der Waals surface area contributed by atoms with Crippen LogP contribution in [0.25, 0.3) is 0 Å². The molecule has 10 heteroatoms. The van der Waals surface area contributed by atoms with Gasteiger partial charge in [-0.25, -0.2) is 0 Å². The van der Waals surface area contributed by atoms with Crippen LogP contribution in [0.5, 0.6) is 0 Å². The molecule has 0 radical (unpaired) electrons. The smallest absolute Gasteiger partial charge is 0.238 e. The van der Waals surface area contributed by atoms with Crippen molar-refractivity contribution in [1.82, 2.24) is 15.5 Å². The Morgan fingerprint density at radius 2 is 1.80 bits per heavy atom. The number of nitrogens with zero attached hydrogens (tertiary/aromatic N) is 2. The quantitative estimate of drug-likeness (QED) is 0.235. The molecule has 0 spiro atoms. The van der Waals surface area contributed by atoms with Gasteiger partial charge in [0.25, 0.3) is 0 Å². The first-order valence-electron chi connectivity index (χ1n) is 14.9. The first kappa shape index (κ1) is 31.8. The van der Waals surface area contributed by atoms with Crippen molar-refractivity contribution in [2.45, 2.75) is 82.4 Å². The van der Waals surface area contributed by atoms with E-state index in [2.05, 4.69) is 32.2 Å². The van der Waals surface area contributed by atoms with E-state index in [1.807, 2.05) is 31.2 Å².